The summed E-state index contributed by atoms with van der Waals surface area (Å²) in [6.45, 7) is 1.73. The molecule has 144 valence electrons. The minimum absolute atomic E-state index is 0.238. The van der Waals surface area contributed by atoms with E-state index in [1.807, 2.05) is 0 Å². The van der Waals surface area contributed by atoms with Gasteiger partial charge in [0.25, 0.3) is 5.91 Å². The van der Waals surface area contributed by atoms with Crippen LogP contribution in [-0.2, 0) is 0 Å². The smallest absolute Gasteiger partial charge is 0.280 e. The number of carbonyl (C=O) groups is 1. The highest BCUT2D eigenvalue weighted by atomic mass is 35.5. The minimum Gasteiger partial charge on any atom is -0.497 e. The molecule has 3 rings (SSSR count). The molecule has 3 aromatic rings. The van der Waals surface area contributed by atoms with Crippen LogP contribution < -0.4 is 20.2 Å². The van der Waals surface area contributed by atoms with Gasteiger partial charge in [-0.2, -0.15) is 5.10 Å². The first-order valence-corrected chi connectivity index (χ1v) is 8.71. The average Bonchev–Trinajstić information content (AvgIpc) is 2.69. The topological polar surface area (TPSA) is 82.5 Å². The number of anilines is 1. The van der Waals surface area contributed by atoms with Crippen molar-refractivity contribution in [3.05, 3.63) is 75.2 Å². The maximum absolute atomic E-state index is 12.7. The Labute approximate surface area is 166 Å². The molecule has 0 saturated heterocycles. The van der Waals surface area contributed by atoms with Gasteiger partial charge >= 0.3 is 0 Å². The Balaban J connectivity index is 1.97. The van der Waals surface area contributed by atoms with Gasteiger partial charge in [-0.25, -0.2) is 4.68 Å². The van der Waals surface area contributed by atoms with Crippen LogP contribution in [0, 0.1) is 6.92 Å². The Morgan fingerprint density at radius 1 is 1.07 bits per heavy atom. The zero-order valence-corrected chi connectivity index (χ0v) is 16.3. The van der Waals surface area contributed by atoms with Crippen molar-refractivity contribution in [2.24, 2.45) is 0 Å². The third kappa shape index (κ3) is 3.99. The molecule has 28 heavy (non-hydrogen) atoms. The standard InChI is InChI=1S/C20H18ClN3O4/c1-12-10-17(25)19(23-24(12)14-6-4-13(21)5-7-14)20(26)22-16-9-8-15(27-2)11-18(16)28-3/h4-11H,1-3H3,(H,22,26). The number of benzene rings is 2. The third-order valence-electron chi connectivity index (χ3n) is 4.05. The van der Waals surface area contributed by atoms with Gasteiger partial charge in [-0.15, -0.1) is 0 Å². The van der Waals surface area contributed by atoms with Crippen LogP contribution >= 0.6 is 11.6 Å². The lowest BCUT2D eigenvalue weighted by Gasteiger charge is -2.13. The van der Waals surface area contributed by atoms with Crippen LogP contribution in [-0.4, -0.2) is 29.9 Å². The number of aromatic nitrogens is 2. The van der Waals surface area contributed by atoms with Crippen LogP contribution in [0.25, 0.3) is 5.69 Å². The molecule has 0 spiro atoms. The van der Waals surface area contributed by atoms with E-state index >= 15 is 0 Å². The summed E-state index contributed by atoms with van der Waals surface area (Å²) in [6, 6.07) is 13.2. The van der Waals surface area contributed by atoms with E-state index in [-0.39, 0.29) is 5.69 Å². The molecule has 0 unspecified atom stereocenters. The lowest BCUT2D eigenvalue weighted by Crippen LogP contribution is -2.27. The second kappa shape index (κ2) is 8.14. The van der Waals surface area contributed by atoms with E-state index in [9.17, 15) is 9.59 Å². The van der Waals surface area contributed by atoms with Gasteiger partial charge in [-0.3, -0.25) is 9.59 Å². The Bertz CT molecular complexity index is 1080. The summed E-state index contributed by atoms with van der Waals surface area (Å²) < 4.78 is 11.9. The summed E-state index contributed by atoms with van der Waals surface area (Å²) in [5.74, 6) is 0.336. The highest BCUT2D eigenvalue weighted by Gasteiger charge is 2.17. The van der Waals surface area contributed by atoms with Crippen molar-refractivity contribution >= 4 is 23.2 Å². The molecule has 1 aromatic heterocycles. The molecule has 1 N–H and O–H groups in total. The first-order chi connectivity index (χ1) is 13.4. The molecule has 0 bridgehead atoms. The predicted octanol–water partition coefficient (Wildman–Crippen LogP) is 3.46. The first-order valence-electron chi connectivity index (χ1n) is 8.33. The second-order valence-electron chi connectivity index (χ2n) is 5.91. The number of aryl methyl sites for hydroxylation is 1. The average molecular weight is 400 g/mol. The molecule has 0 aliphatic rings. The lowest BCUT2D eigenvalue weighted by molar-refractivity contribution is 0.101. The van der Waals surface area contributed by atoms with Gasteiger partial charge in [0, 0.05) is 22.8 Å². The van der Waals surface area contributed by atoms with Crippen LogP contribution in [0.15, 0.2) is 53.3 Å². The molecule has 7 nitrogen and oxygen atoms in total. The van der Waals surface area contributed by atoms with Crippen molar-refractivity contribution in [1.82, 2.24) is 9.78 Å². The summed E-state index contributed by atoms with van der Waals surface area (Å²) in [4.78, 5) is 25.1. The van der Waals surface area contributed by atoms with Crippen molar-refractivity contribution in [2.45, 2.75) is 6.92 Å². The molecule has 0 fully saturated rings. The monoisotopic (exact) mass is 399 g/mol. The van der Waals surface area contributed by atoms with Crippen LogP contribution in [0.1, 0.15) is 16.2 Å². The summed E-state index contributed by atoms with van der Waals surface area (Å²) >= 11 is 5.92. The molecule has 0 radical (unpaired) electrons. The normalized spacial score (nSPS) is 10.4. The Hall–Kier alpha value is -3.32. The first kappa shape index (κ1) is 19.4. The van der Waals surface area contributed by atoms with E-state index in [1.54, 1.807) is 49.4 Å². The van der Waals surface area contributed by atoms with Crippen molar-refractivity contribution in [1.29, 1.82) is 0 Å². The molecule has 0 aliphatic carbocycles. The third-order valence-corrected chi connectivity index (χ3v) is 4.30. The molecular formula is C20H18ClN3O4. The number of nitrogens with zero attached hydrogens (tertiary/aromatic N) is 2. The molecule has 2 aromatic carbocycles. The molecule has 1 heterocycles. The fourth-order valence-corrected chi connectivity index (χ4v) is 2.76. The molecule has 1 amide bonds. The van der Waals surface area contributed by atoms with Gasteiger partial charge in [0.15, 0.2) is 5.69 Å². The van der Waals surface area contributed by atoms with Gasteiger partial charge in [0.05, 0.1) is 25.6 Å². The number of halogens is 1. The lowest BCUT2D eigenvalue weighted by atomic mass is 10.2. The van der Waals surface area contributed by atoms with E-state index in [2.05, 4.69) is 10.4 Å². The van der Waals surface area contributed by atoms with Crippen molar-refractivity contribution in [2.75, 3.05) is 19.5 Å². The molecule has 0 atom stereocenters. The number of amides is 1. The largest absolute Gasteiger partial charge is 0.497 e. The highest BCUT2D eigenvalue weighted by Crippen LogP contribution is 2.29. The van der Waals surface area contributed by atoms with Crippen LogP contribution in [0.3, 0.4) is 0 Å². The minimum atomic E-state index is -0.642. The Morgan fingerprint density at radius 2 is 1.79 bits per heavy atom. The number of nitrogens with one attached hydrogen (secondary N) is 1. The Morgan fingerprint density at radius 3 is 2.43 bits per heavy atom. The summed E-state index contributed by atoms with van der Waals surface area (Å²) in [6.07, 6.45) is 0. The number of rotatable bonds is 5. The quantitative estimate of drug-likeness (QED) is 0.710. The second-order valence-corrected chi connectivity index (χ2v) is 6.34. The summed E-state index contributed by atoms with van der Waals surface area (Å²) in [5.41, 5.74) is 0.947. The van der Waals surface area contributed by atoms with Gasteiger partial charge in [0.2, 0.25) is 5.43 Å². The van der Waals surface area contributed by atoms with E-state index in [1.165, 1.54) is 25.0 Å². The fourth-order valence-electron chi connectivity index (χ4n) is 2.63. The predicted molar refractivity (Wildman–Crippen MR) is 107 cm³/mol. The van der Waals surface area contributed by atoms with E-state index in [0.29, 0.717) is 33.6 Å². The fraction of sp³-hybridized carbons (Fsp3) is 0.150. The van der Waals surface area contributed by atoms with E-state index in [0.717, 1.165) is 0 Å². The Kier molecular flexibility index (Phi) is 5.65. The highest BCUT2D eigenvalue weighted by molar-refractivity contribution is 6.30. The van der Waals surface area contributed by atoms with Crippen LogP contribution in [0.4, 0.5) is 5.69 Å². The van der Waals surface area contributed by atoms with Crippen molar-refractivity contribution in [3.8, 4) is 17.2 Å². The maximum Gasteiger partial charge on any atom is 0.280 e. The van der Waals surface area contributed by atoms with E-state index < -0.39 is 11.3 Å². The zero-order chi connectivity index (χ0) is 20.3. The summed E-state index contributed by atoms with van der Waals surface area (Å²) in [5, 5.41) is 7.48. The zero-order valence-electron chi connectivity index (χ0n) is 15.5. The number of ether oxygens (including phenoxy) is 2. The molecule has 8 heteroatoms. The van der Waals surface area contributed by atoms with Gasteiger partial charge in [-0.1, -0.05) is 11.6 Å². The van der Waals surface area contributed by atoms with Crippen molar-refractivity contribution < 1.29 is 14.3 Å². The molecule has 0 saturated carbocycles. The molecular weight excluding hydrogens is 382 g/mol. The molecule has 0 aliphatic heterocycles. The van der Waals surface area contributed by atoms with Crippen LogP contribution in [0.5, 0.6) is 11.5 Å². The summed E-state index contributed by atoms with van der Waals surface area (Å²) in [7, 11) is 3.00. The van der Waals surface area contributed by atoms with Gasteiger partial charge in [0.1, 0.15) is 11.5 Å². The SMILES string of the molecule is COc1ccc(NC(=O)c2nn(-c3ccc(Cl)cc3)c(C)cc2=O)c(OC)c1. The van der Waals surface area contributed by atoms with Crippen molar-refractivity contribution in [3.63, 3.8) is 0 Å². The van der Waals surface area contributed by atoms with E-state index in [4.69, 9.17) is 21.1 Å². The number of hydrogen-bond acceptors (Lipinski definition) is 5. The van der Waals surface area contributed by atoms with Crippen LogP contribution in [0.2, 0.25) is 5.02 Å². The number of methoxy groups -OCH3 is 2. The van der Waals surface area contributed by atoms with Gasteiger partial charge < -0.3 is 14.8 Å². The van der Waals surface area contributed by atoms with Gasteiger partial charge in [-0.05, 0) is 43.3 Å². The number of carbonyl (C=O) groups excluding carboxylic acids is 1. The number of hydrogen-bond donors (Lipinski definition) is 1. The maximum atomic E-state index is 12.7.